The summed E-state index contributed by atoms with van der Waals surface area (Å²) >= 11 is 1.84. The average Bonchev–Trinajstić information content (AvgIpc) is 3.98. The van der Waals surface area contributed by atoms with E-state index in [-0.39, 0.29) is 0 Å². The summed E-state index contributed by atoms with van der Waals surface area (Å²) in [6.45, 7) is 0. The Morgan fingerprint density at radius 1 is 0.418 bits per heavy atom. The van der Waals surface area contributed by atoms with Crippen molar-refractivity contribution in [2.45, 2.75) is 0 Å². The maximum absolute atomic E-state index is 6.99. The van der Waals surface area contributed by atoms with Gasteiger partial charge in [0.05, 0.1) is 16.6 Å². The highest BCUT2D eigenvalue weighted by atomic mass is 32.1. The molecule has 4 aromatic heterocycles. The lowest BCUT2D eigenvalue weighted by molar-refractivity contribution is 0.652. The van der Waals surface area contributed by atoms with E-state index >= 15 is 0 Å². The van der Waals surface area contributed by atoms with Crippen molar-refractivity contribution in [3.63, 3.8) is 0 Å². The number of fused-ring (bicyclic) bond motifs is 11. The van der Waals surface area contributed by atoms with Crippen molar-refractivity contribution >= 4 is 115 Å². The average molecular weight is 722 g/mol. The highest BCUT2D eigenvalue weighted by molar-refractivity contribution is 7.25. The van der Waals surface area contributed by atoms with Crippen LogP contribution in [0, 0.1) is 0 Å². The van der Waals surface area contributed by atoms with Gasteiger partial charge < -0.3 is 14.2 Å². The topological polar surface area (TPSA) is 24.0 Å². The third-order valence-corrected chi connectivity index (χ3v) is 12.2. The Morgan fingerprint density at radius 3 is 1.67 bits per heavy atom. The summed E-state index contributed by atoms with van der Waals surface area (Å²) in [7, 11) is 0. The summed E-state index contributed by atoms with van der Waals surface area (Å²) in [6.07, 6.45) is 0. The van der Waals surface area contributed by atoms with Crippen molar-refractivity contribution in [3.05, 3.63) is 188 Å². The molecule has 12 aromatic rings. The molecule has 0 radical (unpaired) electrons. The first-order valence-electron chi connectivity index (χ1n) is 18.6. The van der Waals surface area contributed by atoms with Gasteiger partial charge in [-0.3, -0.25) is 4.40 Å². The lowest BCUT2D eigenvalue weighted by atomic mass is 10.0. The van der Waals surface area contributed by atoms with Crippen LogP contribution in [-0.2, 0) is 0 Å². The number of hydrogen-bond acceptors (Lipinski definition) is 4. The number of para-hydroxylation sites is 4. The number of nitrogens with zero attached hydrogens (tertiary/aromatic N) is 3. The van der Waals surface area contributed by atoms with Crippen LogP contribution in [-0.4, -0.2) is 4.40 Å². The van der Waals surface area contributed by atoms with Crippen LogP contribution in [0.2, 0.25) is 0 Å². The van der Waals surface area contributed by atoms with E-state index in [1.54, 1.807) is 0 Å². The number of furan rings is 1. The molecule has 0 fully saturated rings. The van der Waals surface area contributed by atoms with Gasteiger partial charge in [0.1, 0.15) is 10.4 Å². The lowest BCUT2D eigenvalue weighted by Crippen LogP contribution is -2.10. The van der Waals surface area contributed by atoms with E-state index in [1.165, 1.54) is 42.0 Å². The molecule has 258 valence electrons. The number of hydrogen-bond donors (Lipinski definition) is 0. The smallest absolute Gasteiger partial charge is 0.214 e. The first-order chi connectivity index (χ1) is 27.3. The summed E-state index contributed by atoms with van der Waals surface area (Å²) in [5.74, 6) is 0. The van der Waals surface area contributed by atoms with Crippen LogP contribution in [0.3, 0.4) is 0 Å². The zero-order chi connectivity index (χ0) is 36.0. The summed E-state index contributed by atoms with van der Waals surface area (Å²) < 4.78 is 10.7. The van der Waals surface area contributed by atoms with Crippen LogP contribution in [0.25, 0.3) is 69.4 Å². The fourth-order valence-corrected chi connectivity index (χ4v) is 9.94. The maximum Gasteiger partial charge on any atom is 0.214 e. The van der Waals surface area contributed by atoms with Gasteiger partial charge in [-0.2, -0.15) is 0 Å². The maximum atomic E-state index is 6.99. The number of benzene rings is 8. The molecule has 5 heteroatoms. The second-order valence-electron chi connectivity index (χ2n) is 14.1. The molecule has 0 amide bonds. The summed E-state index contributed by atoms with van der Waals surface area (Å²) in [5.41, 5.74) is 9.72. The Hall–Kier alpha value is -7.08. The predicted octanol–water partition coefficient (Wildman–Crippen LogP) is 14.9. The molecule has 4 nitrogen and oxygen atoms in total. The molecule has 0 saturated heterocycles. The van der Waals surface area contributed by atoms with E-state index in [1.807, 2.05) is 11.3 Å². The second-order valence-corrected chi connectivity index (χ2v) is 15.2. The Morgan fingerprint density at radius 2 is 1.02 bits per heavy atom. The predicted molar refractivity (Wildman–Crippen MR) is 233 cm³/mol. The van der Waals surface area contributed by atoms with Crippen molar-refractivity contribution in [1.82, 2.24) is 4.40 Å². The Kier molecular flexibility index (Phi) is 6.47. The number of anilines is 6. The number of rotatable bonds is 6. The van der Waals surface area contributed by atoms with Gasteiger partial charge in [0.15, 0.2) is 0 Å². The van der Waals surface area contributed by atoms with Gasteiger partial charge in [-0.1, -0.05) is 97.1 Å². The van der Waals surface area contributed by atoms with Gasteiger partial charge in [0, 0.05) is 60.1 Å². The molecule has 0 N–H and O–H groups in total. The highest BCUT2D eigenvalue weighted by Crippen LogP contribution is 2.52. The summed E-state index contributed by atoms with van der Waals surface area (Å²) in [6, 6.07) is 67.3. The SMILES string of the molecule is c1ccc(N(c2ccccc2)c2ccc3cc4oc5c(c4cc3c2)c2ccc(N(c3ccccc3)c3ccccc3)c3c4c6ccccc6sc4n5c23)cc1. The molecule has 0 spiro atoms. The third-order valence-electron chi connectivity index (χ3n) is 11.1. The van der Waals surface area contributed by atoms with Crippen molar-refractivity contribution < 1.29 is 4.42 Å². The monoisotopic (exact) mass is 721 g/mol. The standard InChI is InChI=1S/C50H31N3OS/c1-5-15-34(16-6-1)51(35-17-7-2-8-18-35)38-26-25-32-31-43-41(30-33(32)29-38)45-40-27-28-42(52(36-19-9-3-10-20-36)37-21-11-4-12-22-37)47-46-39-23-13-14-24-44(39)55-50(46)53(48(40)47)49(45)54-43/h1-31H. The molecule has 55 heavy (non-hydrogen) atoms. The van der Waals surface area contributed by atoms with Gasteiger partial charge in [-0.25, -0.2) is 0 Å². The molecular weight excluding hydrogens is 691 g/mol. The number of aromatic nitrogens is 1. The van der Waals surface area contributed by atoms with Crippen molar-refractivity contribution in [1.29, 1.82) is 0 Å². The lowest BCUT2D eigenvalue weighted by Gasteiger charge is -2.26. The molecule has 8 aromatic carbocycles. The first kappa shape index (κ1) is 30.4. The molecule has 0 unspecified atom stereocenters. The van der Waals surface area contributed by atoms with E-state index in [2.05, 4.69) is 202 Å². The van der Waals surface area contributed by atoms with E-state index in [9.17, 15) is 0 Å². The van der Waals surface area contributed by atoms with Crippen LogP contribution < -0.4 is 9.80 Å². The van der Waals surface area contributed by atoms with Gasteiger partial charge in [0.2, 0.25) is 5.71 Å². The van der Waals surface area contributed by atoms with E-state index < -0.39 is 0 Å². The Labute approximate surface area is 320 Å². The first-order valence-corrected chi connectivity index (χ1v) is 19.4. The second kappa shape index (κ2) is 11.7. The summed E-state index contributed by atoms with van der Waals surface area (Å²) in [4.78, 5) is 5.92. The Bertz CT molecular complexity index is 3290. The third kappa shape index (κ3) is 4.45. The van der Waals surface area contributed by atoms with E-state index in [0.29, 0.717) is 0 Å². The van der Waals surface area contributed by atoms with Crippen LogP contribution in [0.15, 0.2) is 192 Å². The molecule has 4 heterocycles. The quantitative estimate of drug-likeness (QED) is 0.171. The largest absolute Gasteiger partial charge is 0.439 e. The summed E-state index contributed by atoms with van der Waals surface area (Å²) in [5, 5.41) is 9.57. The van der Waals surface area contributed by atoms with Gasteiger partial charge in [0.25, 0.3) is 0 Å². The minimum Gasteiger partial charge on any atom is -0.439 e. The molecule has 0 saturated carbocycles. The van der Waals surface area contributed by atoms with Crippen LogP contribution in [0.1, 0.15) is 0 Å². The van der Waals surface area contributed by atoms with Gasteiger partial charge >= 0.3 is 0 Å². The molecule has 0 atom stereocenters. The molecule has 0 aliphatic carbocycles. The zero-order valence-electron chi connectivity index (χ0n) is 29.6. The van der Waals surface area contributed by atoms with Crippen LogP contribution in [0.4, 0.5) is 34.1 Å². The molecule has 0 aliphatic heterocycles. The van der Waals surface area contributed by atoms with Crippen molar-refractivity contribution in [3.8, 4) is 0 Å². The van der Waals surface area contributed by atoms with Crippen LogP contribution >= 0.6 is 11.3 Å². The Balaban J connectivity index is 1.15. The van der Waals surface area contributed by atoms with E-state index in [4.69, 9.17) is 4.42 Å². The van der Waals surface area contributed by atoms with Crippen molar-refractivity contribution in [2.24, 2.45) is 0 Å². The highest BCUT2D eigenvalue weighted by Gasteiger charge is 2.29. The molecule has 0 bridgehead atoms. The van der Waals surface area contributed by atoms with Gasteiger partial charge in [-0.05, 0) is 102 Å². The normalized spacial score (nSPS) is 12.0. The number of thiophene rings is 1. The molecule has 0 aliphatic rings. The fourth-order valence-electron chi connectivity index (χ4n) is 8.73. The molecule has 12 rings (SSSR count). The van der Waals surface area contributed by atoms with Crippen LogP contribution in [0.5, 0.6) is 0 Å². The zero-order valence-corrected chi connectivity index (χ0v) is 30.4. The van der Waals surface area contributed by atoms with E-state index in [0.717, 1.165) is 61.6 Å². The van der Waals surface area contributed by atoms with Gasteiger partial charge in [-0.15, -0.1) is 11.3 Å². The van der Waals surface area contributed by atoms with Crippen molar-refractivity contribution in [2.75, 3.05) is 9.80 Å². The molecular formula is C50H31N3OS. The minimum atomic E-state index is 0.894. The fraction of sp³-hybridized carbons (Fsp3) is 0. The minimum absolute atomic E-state index is 0.894.